The molecule has 0 radical (unpaired) electrons. The zero-order valence-corrected chi connectivity index (χ0v) is 11.2. The molecule has 1 aromatic carbocycles. The fraction of sp³-hybridized carbons (Fsp3) is 0.267. The number of aromatic nitrogens is 1. The number of nitriles is 1. The number of nitrogens with zero attached hydrogens (tertiary/aromatic N) is 3. The zero-order valence-electron chi connectivity index (χ0n) is 11.2. The first-order chi connectivity index (χ1) is 9.69. The summed E-state index contributed by atoms with van der Waals surface area (Å²) in [5.74, 6) is -0.260. The van der Waals surface area contributed by atoms with Crippen LogP contribution in [-0.2, 0) is 0 Å². The van der Waals surface area contributed by atoms with E-state index < -0.39 is 5.97 Å². The number of carboxylic acid groups (broad SMARTS) is 1. The Kier molecular flexibility index (Phi) is 4.16. The van der Waals surface area contributed by atoms with Crippen molar-refractivity contribution in [2.75, 3.05) is 18.0 Å². The Morgan fingerprint density at radius 3 is 2.70 bits per heavy atom. The van der Waals surface area contributed by atoms with Gasteiger partial charge < -0.3 is 10.0 Å². The van der Waals surface area contributed by atoms with Gasteiger partial charge in [0.15, 0.2) is 0 Å². The second kappa shape index (κ2) is 6.02. The number of anilines is 1. The van der Waals surface area contributed by atoms with Crippen LogP contribution in [-0.4, -0.2) is 29.1 Å². The van der Waals surface area contributed by atoms with E-state index in [-0.39, 0.29) is 5.56 Å². The number of hydrogen-bond donors (Lipinski definition) is 1. The summed E-state index contributed by atoms with van der Waals surface area (Å²) in [4.78, 5) is 17.5. The Morgan fingerprint density at radius 2 is 2.10 bits per heavy atom. The molecule has 1 aromatic heterocycles. The monoisotopic (exact) mass is 269 g/mol. The van der Waals surface area contributed by atoms with Gasteiger partial charge in [-0.2, -0.15) is 5.26 Å². The average Bonchev–Trinajstić information content (AvgIpc) is 2.47. The lowest BCUT2D eigenvalue weighted by Gasteiger charge is -2.22. The van der Waals surface area contributed by atoms with E-state index in [1.807, 2.05) is 30.0 Å². The summed E-state index contributed by atoms with van der Waals surface area (Å²) >= 11 is 0. The number of aromatic carboxylic acids is 1. The van der Waals surface area contributed by atoms with Crippen LogP contribution in [0.1, 0.15) is 23.7 Å². The standard InChI is InChI=1S/C15H15N3O2/c1-2-18(9-5-8-16)14-12-7-4-3-6-11(12)13(10-17-14)15(19)20/h3-4,6-7,10H,2,5,9H2,1H3,(H,19,20). The van der Waals surface area contributed by atoms with E-state index in [1.165, 1.54) is 6.20 Å². The van der Waals surface area contributed by atoms with Crippen LogP contribution in [0.15, 0.2) is 30.5 Å². The molecule has 0 amide bonds. The summed E-state index contributed by atoms with van der Waals surface area (Å²) in [7, 11) is 0. The molecule has 5 nitrogen and oxygen atoms in total. The molecule has 0 saturated carbocycles. The van der Waals surface area contributed by atoms with Crippen molar-refractivity contribution < 1.29 is 9.90 Å². The van der Waals surface area contributed by atoms with Gasteiger partial charge in [0.25, 0.3) is 0 Å². The molecular formula is C15H15N3O2. The average molecular weight is 269 g/mol. The van der Waals surface area contributed by atoms with Gasteiger partial charge in [-0.25, -0.2) is 9.78 Å². The predicted octanol–water partition coefficient (Wildman–Crippen LogP) is 2.67. The van der Waals surface area contributed by atoms with E-state index in [0.29, 0.717) is 24.9 Å². The lowest BCUT2D eigenvalue weighted by molar-refractivity contribution is 0.0698. The first kappa shape index (κ1) is 13.8. The van der Waals surface area contributed by atoms with Gasteiger partial charge >= 0.3 is 5.97 Å². The second-order valence-electron chi connectivity index (χ2n) is 4.33. The Balaban J connectivity index is 2.58. The van der Waals surface area contributed by atoms with Gasteiger partial charge in [-0.15, -0.1) is 0 Å². The van der Waals surface area contributed by atoms with E-state index in [0.717, 1.165) is 11.2 Å². The molecule has 1 N–H and O–H groups in total. The van der Waals surface area contributed by atoms with Crippen molar-refractivity contribution in [3.05, 3.63) is 36.0 Å². The number of hydrogen-bond acceptors (Lipinski definition) is 4. The van der Waals surface area contributed by atoms with Crippen molar-refractivity contribution in [2.24, 2.45) is 0 Å². The molecule has 0 aliphatic heterocycles. The minimum atomic E-state index is -0.986. The highest BCUT2D eigenvalue weighted by atomic mass is 16.4. The van der Waals surface area contributed by atoms with Crippen molar-refractivity contribution in [3.8, 4) is 6.07 Å². The largest absolute Gasteiger partial charge is 0.478 e. The molecule has 2 rings (SSSR count). The molecule has 1 heterocycles. The SMILES string of the molecule is CCN(CCC#N)c1ncc(C(=O)O)c2ccccc12. The van der Waals surface area contributed by atoms with Gasteiger partial charge in [-0.3, -0.25) is 0 Å². The third-order valence-electron chi connectivity index (χ3n) is 3.18. The molecule has 0 saturated heterocycles. The quantitative estimate of drug-likeness (QED) is 0.902. The number of rotatable bonds is 5. The lowest BCUT2D eigenvalue weighted by Crippen LogP contribution is -2.25. The Bertz CT molecular complexity index is 676. The summed E-state index contributed by atoms with van der Waals surface area (Å²) < 4.78 is 0. The van der Waals surface area contributed by atoms with Crippen LogP contribution in [0.25, 0.3) is 10.8 Å². The summed E-state index contributed by atoms with van der Waals surface area (Å²) in [6.45, 7) is 3.28. The van der Waals surface area contributed by atoms with Crippen LogP contribution in [0, 0.1) is 11.3 Å². The van der Waals surface area contributed by atoms with Crippen LogP contribution < -0.4 is 4.90 Å². The van der Waals surface area contributed by atoms with E-state index in [4.69, 9.17) is 5.26 Å². The minimum absolute atomic E-state index is 0.195. The maximum atomic E-state index is 11.2. The van der Waals surface area contributed by atoms with Crippen molar-refractivity contribution in [1.82, 2.24) is 4.98 Å². The molecule has 0 bridgehead atoms. The van der Waals surface area contributed by atoms with Gasteiger partial charge in [0.1, 0.15) is 5.82 Å². The van der Waals surface area contributed by atoms with Crippen LogP contribution in [0.3, 0.4) is 0 Å². The molecule has 0 fully saturated rings. The first-order valence-corrected chi connectivity index (χ1v) is 6.42. The molecule has 102 valence electrons. The lowest BCUT2D eigenvalue weighted by atomic mass is 10.1. The molecule has 0 aliphatic rings. The fourth-order valence-corrected chi connectivity index (χ4v) is 2.20. The van der Waals surface area contributed by atoms with Gasteiger partial charge in [0.05, 0.1) is 18.1 Å². The van der Waals surface area contributed by atoms with Crippen molar-refractivity contribution in [2.45, 2.75) is 13.3 Å². The fourth-order valence-electron chi connectivity index (χ4n) is 2.20. The third kappa shape index (κ3) is 2.54. The molecular weight excluding hydrogens is 254 g/mol. The highest BCUT2D eigenvalue weighted by Gasteiger charge is 2.15. The molecule has 5 heteroatoms. The van der Waals surface area contributed by atoms with Gasteiger partial charge in [0, 0.05) is 30.1 Å². The molecule has 0 unspecified atom stereocenters. The Morgan fingerprint density at radius 1 is 1.40 bits per heavy atom. The molecule has 20 heavy (non-hydrogen) atoms. The summed E-state index contributed by atoms with van der Waals surface area (Å²) in [5, 5.41) is 19.4. The van der Waals surface area contributed by atoms with Crippen LogP contribution in [0.5, 0.6) is 0 Å². The number of carbonyl (C=O) groups is 1. The Labute approximate surface area is 117 Å². The summed E-state index contributed by atoms with van der Waals surface area (Å²) in [5.41, 5.74) is 0.195. The summed E-state index contributed by atoms with van der Waals surface area (Å²) in [6, 6.07) is 9.42. The van der Waals surface area contributed by atoms with Gasteiger partial charge in [-0.05, 0) is 6.92 Å². The first-order valence-electron chi connectivity index (χ1n) is 6.42. The van der Waals surface area contributed by atoms with Crippen LogP contribution in [0.4, 0.5) is 5.82 Å². The highest BCUT2D eigenvalue weighted by Crippen LogP contribution is 2.27. The number of fused-ring (bicyclic) bond motifs is 1. The third-order valence-corrected chi connectivity index (χ3v) is 3.18. The van der Waals surface area contributed by atoms with Gasteiger partial charge in [-0.1, -0.05) is 24.3 Å². The van der Waals surface area contributed by atoms with Crippen molar-refractivity contribution in [3.63, 3.8) is 0 Å². The van der Waals surface area contributed by atoms with Crippen LogP contribution in [0.2, 0.25) is 0 Å². The number of benzene rings is 1. The predicted molar refractivity (Wildman–Crippen MR) is 76.8 cm³/mol. The Hall–Kier alpha value is -2.61. The topological polar surface area (TPSA) is 77.2 Å². The van der Waals surface area contributed by atoms with E-state index >= 15 is 0 Å². The van der Waals surface area contributed by atoms with E-state index in [2.05, 4.69) is 11.1 Å². The maximum Gasteiger partial charge on any atom is 0.337 e. The van der Waals surface area contributed by atoms with E-state index in [9.17, 15) is 9.90 Å². The van der Waals surface area contributed by atoms with Crippen LogP contribution >= 0.6 is 0 Å². The van der Waals surface area contributed by atoms with Gasteiger partial charge in [0.2, 0.25) is 0 Å². The molecule has 0 spiro atoms. The molecule has 0 atom stereocenters. The molecule has 2 aromatic rings. The second-order valence-corrected chi connectivity index (χ2v) is 4.33. The maximum absolute atomic E-state index is 11.2. The van der Waals surface area contributed by atoms with Crippen molar-refractivity contribution >= 4 is 22.6 Å². The molecule has 0 aliphatic carbocycles. The minimum Gasteiger partial charge on any atom is -0.478 e. The highest BCUT2D eigenvalue weighted by molar-refractivity contribution is 6.06. The van der Waals surface area contributed by atoms with Crippen molar-refractivity contribution in [1.29, 1.82) is 5.26 Å². The normalized spacial score (nSPS) is 10.2. The number of pyridine rings is 1. The number of carboxylic acids is 1. The zero-order chi connectivity index (χ0) is 14.5. The van der Waals surface area contributed by atoms with E-state index in [1.54, 1.807) is 6.07 Å². The summed E-state index contributed by atoms with van der Waals surface area (Å²) in [6.07, 6.45) is 1.79. The smallest absolute Gasteiger partial charge is 0.337 e.